The van der Waals surface area contributed by atoms with Gasteiger partial charge in [0.1, 0.15) is 18.2 Å². The maximum Gasteiger partial charge on any atom is 0.411 e. The summed E-state index contributed by atoms with van der Waals surface area (Å²) in [4.78, 5) is 16.8. The second-order valence-corrected chi connectivity index (χ2v) is 10.2. The van der Waals surface area contributed by atoms with Crippen molar-refractivity contribution in [1.29, 1.82) is 10.5 Å². The highest BCUT2D eigenvalue weighted by Crippen LogP contribution is 2.43. The maximum atomic E-state index is 12.3. The van der Waals surface area contributed by atoms with E-state index in [-0.39, 0.29) is 6.10 Å². The molecule has 0 unspecified atom stereocenters. The molecule has 0 saturated heterocycles. The Morgan fingerprint density at radius 3 is 2.47 bits per heavy atom. The van der Waals surface area contributed by atoms with E-state index in [9.17, 15) is 15.3 Å². The molecule has 0 aliphatic heterocycles. The number of nitrogens with one attached hydrogen (secondary N) is 1. The molecular weight excluding hydrogens is 474 g/mol. The summed E-state index contributed by atoms with van der Waals surface area (Å²) in [7, 11) is 0. The van der Waals surface area contributed by atoms with Crippen LogP contribution in [0.25, 0.3) is 33.4 Å². The summed E-state index contributed by atoms with van der Waals surface area (Å²) in [5.41, 5.74) is 6.02. The highest BCUT2D eigenvalue weighted by molar-refractivity contribution is 5.97. The zero-order valence-electron chi connectivity index (χ0n) is 21.1. The molecule has 0 radical (unpaired) electrons. The fourth-order valence-corrected chi connectivity index (χ4v) is 5.29. The van der Waals surface area contributed by atoms with Gasteiger partial charge in [-0.3, -0.25) is 10.3 Å². The average molecular weight is 502 g/mol. The standard InChI is InChI=1S/C31H27N5O2/c1-19(20-7-8-20)38-31(37)35-24-12-9-21(10-13-24)30-27(18-33)26-14-11-22(29-23(17-32)4-3-15-34-29)16-28(26)36(30)25-5-2-6-25/h3-4,9-16,19-20,25H,2,5-8H2,1H3,(H,35,37)/t19-/m1/s1. The van der Waals surface area contributed by atoms with Gasteiger partial charge in [-0.15, -0.1) is 0 Å². The fraction of sp³-hybridized carbons (Fsp3) is 0.290. The molecule has 4 aromatic rings. The van der Waals surface area contributed by atoms with Crippen LogP contribution in [-0.2, 0) is 4.74 Å². The number of nitrogens with zero attached hydrogens (tertiary/aromatic N) is 4. The summed E-state index contributed by atoms with van der Waals surface area (Å²) in [6.07, 6.45) is 6.63. The highest BCUT2D eigenvalue weighted by Gasteiger charge is 2.31. The number of pyridine rings is 1. The van der Waals surface area contributed by atoms with E-state index in [0.717, 1.165) is 59.8 Å². The number of rotatable bonds is 6. The predicted molar refractivity (Wildman–Crippen MR) is 145 cm³/mol. The number of hydrogen-bond acceptors (Lipinski definition) is 5. The lowest BCUT2D eigenvalue weighted by molar-refractivity contribution is 0.108. The molecule has 38 heavy (non-hydrogen) atoms. The molecule has 2 aliphatic rings. The van der Waals surface area contributed by atoms with Crippen molar-refractivity contribution in [3.8, 4) is 34.7 Å². The summed E-state index contributed by atoms with van der Waals surface area (Å²) in [6, 6.07) is 22.0. The van der Waals surface area contributed by atoms with Gasteiger partial charge in [-0.2, -0.15) is 10.5 Å². The summed E-state index contributed by atoms with van der Waals surface area (Å²) in [6.45, 7) is 1.93. The number of aromatic nitrogens is 2. The van der Waals surface area contributed by atoms with Crippen molar-refractivity contribution in [1.82, 2.24) is 9.55 Å². The van der Waals surface area contributed by atoms with Crippen molar-refractivity contribution in [2.75, 3.05) is 5.32 Å². The third kappa shape index (κ3) is 4.27. The van der Waals surface area contributed by atoms with Crippen molar-refractivity contribution in [2.45, 2.75) is 51.2 Å². The van der Waals surface area contributed by atoms with Crippen LogP contribution in [0.15, 0.2) is 60.8 Å². The van der Waals surface area contributed by atoms with Crippen LogP contribution in [-0.4, -0.2) is 21.7 Å². The molecule has 2 saturated carbocycles. The Labute approximate surface area is 221 Å². The van der Waals surface area contributed by atoms with E-state index in [4.69, 9.17) is 4.74 Å². The molecule has 2 aliphatic carbocycles. The minimum Gasteiger partial charge on any atom is -0.446 e. The van der Waals surface area contributed by atoms with Gasteiger partial charge in [-0.1, -0.05) is 24.3 Å². The lowest BCUT2D eigenvalue weighted by Gasteiger charge is -2.30. The lowest BCUT2D eigenvalue weighted by atomic mass is 9.92. The van der Waals surface area contributed by atoms with Gasteiger partial charge in [-0.05, 0) is 80.8 Å². The molecule has 7 nitrogen and oxygen atoms in total. The first-order valence-electron chi connectivity index (χ1n) is 13.1. The van der Waals surface area contributed by atoms with Gasteiger partial charge >= 0.3 is 6.09 Å². The molecule has 1 N–H and O–H groups in total. The molecule has 6 rings (SSSR count). The summed E-state index contributed by atoms with van der Waals surface area (Å²) >= 11 is 0. The fourth-order valence-electron chi connectivity index (χ4n) is 5.29. The monoisotopic (exact) mass is 501 g/mol. The molecule has 2 fully saturated rings. The van der Waals surface area contributed by atoms with Crippen molar-refractivity contribution < 1.29 is 9.53 Å². The van der Waals surface area contributed by atoms with Crippen LogP contribution < -0.4 is 5.32 Å². The first kappa shape index (κ1) is 23.8. The third-order valence-corrected chi connectivity index (χ3v) is 7.74. The Balaban J connectivity index is 1.39. The zero-order chi connectivity index (χ0) is 26.2. The number of anilines is 1. The van der Waals surface area contributed by atoms with Crippen LogP contribution in [0.3, 0.4) is 0 Å². The van der Waals surface area contributed by atoms with Gasteiger partial charge in [0.25, 0.3) is 0 Å². The number of carbonyl (C=O) groups excluding carboxylic acids is 1. The van der Waals surface area contributed by atoms with E-state index in [2.05, 4.69) is 27.0 Å². The topological polar surface area (TPSA) is 104 Å². The first-order chi connectivity index (χ1) is 18.6. The van der Waals surface area contributed by atoms with Gasteiger partial charge in [0, 0.05) is 28.9 Å². The van der Waals surface area contributed by atoms with E-state index in [1.54, 1.807) is 18.3 Å². The van der Waals surface area contributed by atoms with Crippen LogP contribution in [0, 0.1) is 28.6 Å². The summed E-state index contributed by atoms with van der Waals surface area (Å²) < 4.78 is 7.77. The Bertz CT molecular complexity index is 1620. The van der Waals surface area contributed by atoms with Gasteiger partial charge in [0.05, 0.1) is 28.0 Å². The van der Waals surface area contributed by atoms with Crippen molar-refractivity contribution in [3.05, 3.63) is 71.9 Å². The molecule has 2 aromatic heterocycles. The molecule has 0 spiro atoms. The van der Waals surface area contributed by atoms with Crippen LogP contribution in [0.4, 0.5) is 10.5 Å². The normalized spacial score (nSPS) is 15.8. The van der Waals surface area contributed by atoms with E-state index < -0.39 is 6.09 Å². The van der Waals surface area contributed by atoms with Crippen molar-refractivity contribution >= 4 is 22.7 Å². The number of hydrogen-bond donors (Lipinski definition) is 1. The largest absolute Gasteiger partial charge is 0.446 e. The van der Waals surface area contributed by atoms with Crippen molar-refractivity contribution in [2.24, 2.45) is 5.92 Å². The van der Waals surface area contributed by atoms with E-state index in [0.29, 0.717) is 34.5 Å². The zero-order valence-corrected chi connectivity index (χ0v) is 21.1. The van der Waals surface area contributed by atoms with E-state index >= 15 is 0 Å². The minimum absolute atomic E-state index is 0.0779. The molecule has 2 aromatic carbocycles. The molecule has 1 amide bonds. The SMILES string of the molecule is C[C@@H](OC(=O)Nc1ccc(-c2c(C#N)c3ccc(-c4ncccc4C#N)cc3n2C2CCC2)cc1)C1CC1. The van der Waals surface area contributed by atoms with Crippen LogP contribution in [0.5, 0.6) is 0 Å². The predicted octanol–water partition coefficient (Wildman–Crippen LogP) is 7.19. The number of fused-ring (bicyclic) bond motifs is 1. The minimum atomic E-state index is -0.447. The Morgan fingerprint density at radius 1 is 1.05 bits per heavy atom. The third-order valence-electron chi connectivity index (χ3n) is 7.74. The quantitative estimate of drug-likeness (QED) is 0.301. The maximum absolute atomic E-state index is 12.3. The number of nitriles is 2. The second kappa shape index (κ2) is 9.68. The summed E-state index contributed by atoms with van der Waals surface area (Å²) in [5, 5.41) is 23.5. The molecule has 188 valence electrons. The Morgan fingerprint density at radius 2 is 1.82 bits per heavy atom. The Hall–Kier alpha value is -4.62. The van der Waals surface area contributed by atoms with Gasteiger partial charge in [-0.25, -0.2) is 4.79 Å². The number of ether oxygens (including phenoxy) is 1. The smallest absolute Gasteiger partial charge is 0.411 e. The van der Waals surface area contributed by atoms with Crippen LogP contribution >= 0.6 is 0 Å². The number of carbonyl (C=O) groups is 1. The van der Waals surface area contributed by atoms with E-state index in [1.165, 1.54) is 0 Å². The average Bonchev–Trinajstić information content (AvgIpc) is 3.71. The van der Waals surface area contributed by atoms with Crippen LogP contribution in [0.2, 0.25) is 0 Å². The first-order valence-corrected chi connectivity index (χ1v) is 13.1. The molecule has 0 bridgehead atoms. The number of benzene rings is 2. The van der Waals surface area contributed by atoms with Gasteiger partial charge in [0.2, 0.25) is 0 Å². The lowest BCUT2D eigenvalue weighted by Crippen LogP contribution is -2.21. The van der Waals surface area contributed by atoms with E-state index in [1.807, 2.05) is 49.4 Å². The van der Waals surface area contributed by atoms with Crippen molar-refractivity contribution in [3.63, 3.8) is 0 Å². The number of amides is 1. The second-order valence-electron chi connectivity index (χ2n) is 10.2. The Kier molecular flexibility index (Phi) is 6.05. The molecule has 7 heteroatoms. The molecule has 2 heterocycles. The summed E-state index contributed by atoms with van der Waals surface area (Å²) in [5.74, 6) is 0.477. The van der Waals surface area contributed by atoms with Gasteiger partial charge < -0.3 is 9.30 Å². The molecular formula is C31H27N5O2. The van der Waals surface area contributed by atoms with Crippen LogP contribution in [0.1, 0.15) is 56.2 Å². The van der Waals surface area contributed by atoms with Gasteiger partial charge in [0.15, 0.2) is 0 Å². The molecule has 1 atom stereocenters. The highest BCUT2D eigenvalue weighted by atomic mass is 16.6.